The molecule has 6 nitrogen and oxygen atoms in total. The summed E-state index contributed by atoms with van der Waals surface area (Å²) in [5.74, 6) is 9.54. The first kappa shape index (κ1) is 116. The Morgan fingerprint density at radius 3 is 0.370 bits per heavy atom. The minimum absolute atomic E-state index is 0. The molecule has 0 bridgehead atoms. The number of hydrogen-bond donors (Lipinski definition) is 0. The second-order valence-corrected chi connectivity index (χ2v) is 36.5. The summed E-state index contributed by atoms with van der Waals surface area (Å²) in [6, 6.07) is 7.71. The topological polar surface area (TPSA) is 55.4 Å². The van der Waals surface area contributed by atoms with Crippen molar-refractivity contribution in [3.63, 3.8) is 0 Å². The molecular formula is C112H202O6Pt. The Morgan fingerprint density at radius 1 is 0.160 bits per heavy atom. The van der Waals surface area contributed by atoms with Crippen LogP contribution < -0.4 is 28.4 Å². The molecule has 2 aromatic carbocycles. The molecule has 0 aliphatic rings. The van der Waals surface area contributed by atoms with Crippen molar-refractivity contribution in [2.45, 2.75) is 581 Å². The van der Waals surface area contributed by atoms with E-state index in [0.717, 1.165) is 73.0 Å². The molecule has 0 aromatic heterocycles. The van der Waals surface area contributed by atoms with Gasteiger partial charge in [-0.15, -0.1) is 11.1 Å². The van der Waals surface area contributed by atoms with Crippen molar-refractivity contribution in [2.75, 3.05) is 39.6 Å². The Bertz CT molecular complexity index is 2110. The summed E-state index contributed by atoms with van der Waals surface area (Å²) in [7, 11) is 0. The van der Waals surface area contributed by atoms with Gasteiger partial charge in [-0.25, -0.2) is 0 Å². The molecule has 0 unspecified atom stereocenters. The van der Waals surface area contributed by atoms with Crippen LogP contribution in [-0.4, -0.2) is 39.6 Å². The second-order valence-electron chi connectivity index (χ2n) is 36.5. The van der Waals surface area contributed by atoms with Gasteiger partial charge in [-0.1, -0.05) is 567 Å². The normalized spacial score (nSPS) is 11.2. The quantitative estimate of drug-likeness (QED) is 0.0374. The van der Waals surface area contributed by atoms with Gasteiger partial charge in [-0.05, 0) is 38.5 Å². The Balaban J connectivity index is 0.00000232. The largest absolute Gasteiger partial charge is 2.00 e. The van der Waals surface area contributed by atoms with E-state index >= 15 is 0 Å². The van der Waals surface area contributed by atoms with E-state index in [1.54, 1.807) is 0 Å². The molecule has 2 aromatic rings. The van der Waals surface area contributed by atoms with Crippen LogP contribution in [-0.2, 0) is 21.1 Å². The van der Waals surface area contributed by atoms with Gasteiger partial charge in [0.15, 0.2) is 11.5 Å². The zero-order valence-electron chi connectivity index (χ0n) is 80.7. The number of rotatable bonds is 96. The summed E-state index contributed by atoms with van der Waals surface area (Å²) in [6.07, 6.45) is 129. The third-order valence-corrected chi connectivity index (χ3v) is 24.8. The number of benzene rings is 2. The van der Waals surface area contributed by atoms with Gasteiger partial charge in [0.2, 0.25) is 0 Å². The summed E-state index contributed by atoms with van der Waals surface area (Å²) in [4.78, 5) is 0. The maximum Gasteiger partial charge on any atom is 2.00 e. The molecule has 0 spiro atoms. The molecule has 7 heteroatoms. The summed E-state index contributed by atoms with van der Waals surface area (Å²) < 4.78 is 38.6. The van der Waals surface area contributed by atoms with Gasteiger partial charge < -0.3 is 41.3 Å². The van der Waals surface area contributed by atoms with Crippen molar-refractivity contribution < 1.29 is 49.5 Å². The second kappa shape index (κ2) is 98.8. The number of hydrogen-bond acceptors (Lipinski definition) is 6. The van der Waals surface area contributed by atoms with E-state index in [-0.39, 0.29) is 21.1 Å². The van der Waals surface area contributed by atoms with Gasteiger partial charge >= 0.3 is 21.1 Å². The minimum Gasteiger partial charge on any atom is -0.491 e. The first-order chi connectivity index (χ1) is 58.5. The van der Waals surface area contributed by atoms with Crippen molar-refractivity contribution in [3.05, 3.63) is 48.2 Å². The summed E-state index contributed by atoms with van der Waals surface area (Å²) in [6.45, 7) is 17.8. The van der Waals surface area contributed by atoms with Crippen molar-refractivity contribution in [3.8, 4) is 46.3 Å². The van der Waals surface area contributed by atoms with Gasteiger partial charge in [0, 0.05) is 0 Å². The Labute approximate surface area is 759 Å². The van der Waals surface area contributed by atoms with Crippen LogP contribution in [0, 0.1) is 24.7 Å². The molecule has 0 radical (unpaired) electrons. The standard InChI is InChI=1S/2C56H101O3.Pt/c2*1-5-9-12-15-18-21-24-27-30-33-36-39-42-45-48-57-54-51-53(8-4)52-55(58-49-46-43-40-37-34-31-28-25-22-19-16-13-10-6-2)56(54)59-50-47-44-41-38-35-32-29-26-23-20-17-14-11-7-3;/h2*51-52H,5-7,9-50H2,1-3H3;/q2*-1;+2. The molecule has 0 amide bonds. The summed E-state index contributed by atoms with van der Waals surface area (Å²) in [5.41, 5.74) is 1.39. The predicted molar refractivity (Wildman–Crippen MR) is 520 cm³/mol. The molecule has 2 rings (SSSR count). The fraction of sp³-hybridized carbons (Fsp3) is 0.857. The minimum atomic E-state index is 0. The molecular weight excluding hydrogens is 1640 g/mol. The average molecular weight is 1840 g/mol. The smallest absolute Gasteiger partial charge is 0.491 e. The monoisotopic (exact) mass is 1840 g/mol. The zero-order valence-corrected chi connectivity index (χ0v) is 83.0. The van der Waals surface area contributed by atoms with Crippen LogP contribution in [0.4, 0.5) is 0 Å². The molecule has 0 aliphatic carbocycles. The Kier molecular flexibility index (Phi) is 96.4. The average Bonchev–Trinajstić information content (AvgIpc) is 0.833. The maximum absolute atomic E-state index is 7.92. The molecule has 0 atom stereocenters. The number of unbranched alkanes of at least 4 members (excludes halogenated alkanes) is 78. The summed E-state index contributed by atoms with van der Waals surface area (Å²) in [5, 5.41) is 0. The van der Waals surface area contributed by atoms with E-state index < -0.39 is 0 Å². The maximum atomic E-state index is 7.92. The third-order valence-electron chi connectivity index (χ3n) is 24.8. The van der Waals surface area contributed by atoms with Crippen LogP contribution in [0.5, 0.6) is 34.5 Å². The molecule has 0 N–H and O–H groups in total. The molecule has 119 heavy (non-hydrogen) atoms. The Morgan fingerprint density at radius 2 is 0.261 bits per heavy atom. The molecule has 0 fully saturated rings. The fourth-order valence-electron chi connectivity index (χ4n) is 16.9. The van der Waals surface area contributed by atoms with Gasteiger partial charge in [-0.2, -0.15) is 0 Å². The van der Waals surface area contributed by atoms with E-state index in [1.165, 1.54) is 501 Å². The van der Waals surface area contributed by atoms with Crippen LogP contribution in [0.25, 0.3) is 0 Å². The number of ether oxygens (including phenoxy) is 6. The van der Waals surface area contributed by atoms with Crippen LogP contribution >= 0.6 is 0 Å². The van der Waals surface area contributed by atoms with E-state index in [0.29, 0.717) is 50.8 Å². The van der Waals surface area contributed by atoms with Crippen LogP contribution in [0.2, 0.25) is 0 Å². The van der Waals surface area contributed by atoms with Gasteiger partial charge in [-0.3, -0.25) is 11.8 Å². The van der Waals surface area contributed by atoms with Crippen molar-refractivity contribution in [2.24, 2.45) is 0 Å². The molecule has 0 heterocycles. The Hall–Kier alpha value is -2.95. The van der Waals surface area contributed by atoms with Crippen molar-refractivity contribution >= 4 is 0 Å². The van der Waals surface area contributed by atoms with Crippen molar-refractivity contribution in [1.29, 1.82) is 0 Å². The van der Waals surface area contributed by atoms with E-state index in [9.17, 15) is 0 Å². The van der Waals surface area contributed by atoms with Gasteiger partial charge in [0.25, 0.3) is 0 Å². The van der Waals surface area contributed by atoms with E-state index in [1.807, 2.05) is 24.3 Å². The fourth-order valence-corrected chi connectivity index (χ4v) is 16.9. The van der Waals surface area contributed by atoms with Crippen molar-refractivity contribution in [1.82, 2.24) is 0 Å². The SMILES string of the molecule is [C-]#Cc1cc(OCCCCCCCCCCCCCCCC)c(OCCCCCCCCCCCCCCCC)c(OCCCCCCCCCCCCCCCC)c1.[C-]#Cc1cc(OCCCCCCCCCCCCCCCC)c(OCCCCCCCCCCCCCCCC)c(OCCCCCCCCCCCCCCCC)c1.[Pt+2]. The van der Waals surface area contributed by atoms with Gasteiger partial charge in [0.1, 0.15) is 23.0 Å². The third kappa shape index (κ3) is 80.6. The zero-order chi connectivity index (χ0) is 84.7. The molecule has 0 aliphatic heterocycles. The first-order valence-electron chi connectivity index (χ1n) is 53.5. The van der Waals surface area contributed by atoms with E-state index in [4.69, 9.17) is 41.3 Å². The van der Waals surface area contributed by atoms with Crippen LogP contribution in [0.3, 0.4) is 0 Å². The van der Waals surface area contributed by atoms with Gasteiger partial charge in [0.05, 0.1) is 39.6 Å². The molecule has 0 saturated heterocycles. The molecule has 696 valence electrons. The first-order valence-corrected chi connectivity index (χ1v) is 53.5. The molecule has 0 saturated carbocycles. The van der Waals surface area contributed by atoms with Crippen LogP contribution in [0.1, 0.15) is 592 Å². The van der Waals surface area contributed by atoms with E-state index in [2.05, 4.69) is 53.4 Å². The summed E-state index contributed by atoms with van der Waals surface area (Å²) >= 11 is 0. The van der Waals surface area contributed by atoms with Crippen LogP contribution in [0.15, 0.2) is 24.3 Å². The predicted octanol–water partition coefficient (Wildman–Crippen LogP) is 38.4.